The molecule has 0 heterocycles. The second kappa shape index (κ2) is 8.91. The van der Waals surface area contributed by atoms with E-state index in [2.05, 4.69) is 35.7 Å². The number of carbonyl (C=O) groups is 1. The molecule has 0 spiro atoms. The monoisotopic (exact) mass is 309 g/mol. The summed E-state index contributed by atoms with van der Waals surface area (Å²) in [4.78, 5) is 13.8. The van der Waals surface area contributed by atoms with Crippen LogP contribution >= 0.6 is 0 Å². The molecule has 0 radical (unpaired) electrons. The molecular weight excluding hydrogens is 286 g/mol. The normalized spacial score (nSPS) is 10.5. The van der Waals surface area contributed by atoms with Crippen molar-refractivity contribution in [3.05, 3.63) is 83.9 Å². The molecule has 0 saturated carbocycles. The summed E-state index contributed by atoms with van der Waals surface area (Å²) in [5.74, 6) is -0.302. The van der Waals surface area contributed by atoms with E-state index in [1.165, 1.54) is 18.2 Å². The lowest BCUT2D eigenvalue weighted by atomic mass is 10.1. The number of hydrogen-bond acceptors (Lipinski definition) is 3. The summed E-state index contributed by atoms with van der Waals surface area (Å²) in [6.07, 6.45) is 2.93. The van der Waals surface area contributed by atoms with Crippen molar-refractivity contribution in [2.75, 3.05) is 20.2 Å². The molecule has 0 fully saturated rings. The highest BCUT2D eigenvalue weighted by molar-refractivity contribution is 5.89. The first-order chi connectivity index (χ1) is 11.2. The zero-order valence-corrected chi connectivity index (χ0v) is 13.6. The first kappa shape index (κ1) is 17.0. The molecule has 0 aliphatic carbocycles. The van der Waals surface area contributed by atoms with Gasteiger partial charge in [0.15, 0.2) is 0 Å². The van der Waals surface area contributed by atoms with Gasteiger partial charge in [-0.15, -0.1) is 6.58 Å². The largest absolute Gasteiger partial charge is 0.465 e. The third kappa shape index (κ3) is 5.38. The number of methoxy groups -OCH3 is 1. The van der Waals surface area contributed by atoms with Gasteiger partial charge in [-0.2, -0.15) is 0 Å². The summed E-state index contributed by atoms with van der Waals surface area (Å²) >= 11 is 0. The topological polar surface area (TPSA) is 29.5 Å². The predicted molar refractivity (Wildman–Crippen MR) is 93.4 cm³/mol. The lowest BCUT2D eigenvalue weighted by Gasteiger charge is -2.21. The Morgan fingerprint density at radius 2 is 1.78 bits per heavy atom. The van der Waals surface area contributed by atoms with E-state index in [1.54, 1.807) is 0 Å². The van der Waals surface area contributed by atoms with Crippen molar-refractivity contribution in [1.29, 1.82) is 0 Å². The van der Waals surface area contributed by atoms with Crippen LogP contribution in [0.3, 0.4) is 0 Å². The number of hydrogen-bond donors (Lipinski definition) is 0. The van der Waals surface area contributed by atoms with Crippen LogP contribution in [-0.4, -0.2) is 31.1 Å². The van der Waals surface area contributed by atoms with Gasteiger partial charge in [-0.25, -0.2) is 4.79 Å². The molecular formula is C20H23NO2. The molecule has 0 amide bonds. The molecule has 0 aliphatic rings. The molecule has 2 aromatic carbocycles. The van der Waals surface area contributed by atoms with Crippen molar-refractivity contribution in [2.45, 2.75) is 13.0 Å². The van der Waals surface area contributed by atoms with E-state index in [-0.39, 0.29) is 5.97 Å². The Morgan fingerprint density at radius 1 is 1.09 bits per heavy atom. The Balaban J connectivity index is 1.95. The maximum absolute atomic E-state index is 11.5. The van der Waals surface area contributed by atoms with Gasteiger partial charge in [-0.05, 0) is 29.7 Å². The van der Waals surface area contributed by atoms with Crippen molar-refractivity contribution in [3.63, 3.8) is 0 Å². The second-order valence-electron chi connectivity index (χ2n) is 5.45. The van der Waals surface area contributed by atoms with Crippen LogP contribution in [0.4, 0.5) is 0 Å². The Kier molecular flexibility index (Phi) is 6.57. The van der Waals surface area contributed by atoms with Gasteiger partial charge in [0, 0.05) is 19.6 Å². The van der Waals surface area contributed by atoms with Crippen molar-refractivity contribution < 1.29 is 9.53 Å². The van der Waals surface area contributed by atoms with Gasteiger partial charge in [0.2, 0.25) is 0 Å². The fourth-order valence-corrected chi connectivity index (χ4v) is 2.47. The lowest BCUT2D eigenvalue weighted by molar-refractivity contribution is 0.0600. The van der Waals surface area contributed by atoms with Crippen LogP contribution in [0, 0.1) is 0 Å². The van der Waals surface area contributed by atoms with Crippen molar-refractivity contribution in [2.24, 2.45) is 0 Å². The summed E-state index contributed by atoms with van der Waals surface area (Å²) in [5, 5.41) is 0. The van der Waals surface area contributed by atoms with E-state index in [9.17, 15) is 4.79 Å². The van der Waals surface area contributed by atoms with Crippen LogP contribution in [0.5, 0.6) is 0 Å². The number of esters is 1. The predicted octanol–water partition coefficient (Wildman–Crippen LogP) is 3.70. The Labute approximate surface area is 138 Å². The van der Waals surface area contributed by atoms with E-state index in [0.717, 1.165) is 26.1 Å². The molecule has 0 atom stereocenters. The zero-order chi connectivity index (χ0) is 16.5. The smallest absolute Gasteiger partial charge is 0.337 e. The number of benzene rings is 2. The molecule has 23 heavy (non-hydrogen) atoms. The number of carbonyl (C=O) groups excluding carboxylic acids is 1. The molecule has 0 aliphatic heterocycles. The lowest BCUT2D eigenvalue weighted by Crippen LogP contribution is -2.25. The molecule has 0 N–H and O–H groups in total. The SMILES string of the molecule is C=CCN(CCc1ccccc1)Cc1ccc(C(=O)OC)cc1. The molecule has 3 nitrogen and oxygen atoms in total. The summed E-state index contributed by atoms with van der Waals surface area (Å²) < 4.78 is 4.72. The van der Waals surface area contributed by atoms with Gasteiger partial charge in [-0.1, -0.05) is 48.5 Å². The first-order valence-electron chi connectivity index (χ1n) is 7.77. The van der Waals surface area contributed by atoms with Crippen LogP contribution in [0.1, 0.15) is 21.5 Å². The highest BCUT2D eigenvalue weighted by Crippen LogP contribution is 2.10. The molecule has 0 saturated heterocycles. The minimum Gasteiger partial charge on any atom is -0.465 e. The van der Waals surface area contributed by atoms with E-state index < -0.39 is 0 Å². The molecule has 0 unspecified atom stereocenters. The van der Waals surface area contributed by atoms with E-state index in [1.807, 2.05) is 36.4 Å². The highest BCUT2D eigenvalue weighted by Gasteiger charge is 2.07. The Morgan fingerprint density at radius 3 is 2.39 bits per heavy atom. The van der Waals surface area contributed by atoms with E-state index in [4.69, 9.17) is 4.74 Å². The van der Waals surface area contributed by atoms with Gasteiger partial charge >= 0.3 is 5.97 Å². The number of rotatable bonds is 8. The first-order valence-corrected chi connectivity index (χ1v) is 7.77. The van der Waals surface area contributed by atoms with Crippen LogP contribution < -0.4 is 0 Å². The molecule has 0 bridgehead atoms. The van der Waals surface area contributed by atoms with Crippen molar-refractivity contribution in [1.82, 2.24) is 4.90 Å². The average Bonchev–Trinajstić information content (AvgIpc) is 2.61. The molecule has 2 rings (SSSR count). The Bertz CT molecular complexity index is 620. The van der Waals surface area contributed by atoms with Crippen LogP contribution in [0.25, 0.3) is 0 Å². The highest BCUT2D eigenvalue weighted by atomic mass is 16.5. The minimum absolute atomic E-state index is 0.302. The quantitative estimate of drug-likeness (QED) is 0.550. The van der Waals surface area contributed by atoms with Gasteiger partial charge in [0.25, 0.3) is 0 Å². The maximum atomic E-state index is 11.5. The number of ether oxygens (including phenoxy) is 1. The fourth-order valence-electron chi connectivity index (χ4n) is 2.47. The summed E-state index contributed by atoms with van der Waals surface area (Å²) in [5.41, 5.74) is 3.09. The van der Waals surface area contributed by atoms with Gasteiger partial charge in [-0.3, -0.25) is 4.90 Å². The van der Waals surface area contributed by atoms with Gasteiger partial charge < -0.3 is 4.74 Å². The standard InChI is InChI=1S/C20H23NO2/c1-3-14-21(15-13-17-7-5-4-6-8-17)16-18-9-11-19(12-10-18)20(22)23-2/h3-12H,1,13-16H2,2H3. The second-order valence-corrected chi connectivity index (χ2v) is 5.45. The fraction of sp³-hybridized carbons (Fsp3) is 0.250. The summed E-state index contributed by atoms with van der Waals surface area (Å²) in [7, 11) is 1.39. The maximum Gasteiger partial charge on any atom is 0.337 e. The van der Waals surface area contributed by atoms with Gasteiger partial charge in [0.1, 0.15) is 0 Å². The van der Waals surface area contributed by atoms with Crippen molar-refractivity contribution >= 4 is 5.97 Å². The molecule has 120 valence electrons. The summed E-state index contributed by atoms with van der Waals surface area (Å²) in [6, 6.07) is 18.0. The third-order valence-electron chi connectivity index (χ3n) is 3.73. The van der Waals surface area contributed by atoms with Crippen molar-refractivity contribution in [3.8, 4) is 0 Å². The van der Waals surface area contributed by atoms with Gasteiger partial charge in [0.05, 0.1) is 12.7 Å². The number of nitrogens with zero attached hydrogens (tertiary/aromatic N) is 1. The summed E-state index contributed by atoms with van der Waals surface area (Å²) in [6.45, 7) is 6.48. The minimum atomic E-state index is -0.302. The van der Waals surface area contributed by atoms with E-state index >= 15 is 0 Å². The molecule has 3 heteroatoms. The Hall–Kier alpha value is -2.39. The van der Waals surface area contributed by atoms with Crippen LogP contribution in [0.15, 0.2) is 67.3 Å². The van der Waals surface area contributed by atoms with Crippen LogP contribution in [0.2, 0.25) is 0 Å². The third-order valence-corrected chi connectivity index (χ3v) is 3.73. The average molecular weight is 309 g/mol. The van der Waals surface area contributed by atoms with Crippen LogP contribution in [-0.2, 0) is 17.7 Å². The zero-order valence-electron chi connectivity index (χ0n) is 13.6. The molecule has 2 aromatic rings. The van der Waals surface area contributed by atoms with E-state index in [0.29, 0.717) is 5.56 Å². The molecule has 0 aromatic heterocycles.